The summed E-state index contributed by atoms with van der Waals surface area (Å²) >= 11 is 0. The fraction of sp³-hybridized carbons (Fsp3) is 0. The maximum absolute atomic E-state index is 5.11. The van der Waals surface area contributed by atoms with E-state index in [0.717, 1.165) is 44.4 Å². The lowest BCUT2D eigenvalue weighted by Crippen LogP contribution is -1.98. The van der Waals surface area contributed by atoms with Gasteiger partial charge in [0.2, 0.25) is 0 Å². The van der Waals surface area contributed by atoms with Gasteiger partial charge in [-0.1, -0.05) is 146 Å². The normalized spacial score (nSPS) is 12.1. The first-order chi connectivity index (χ1) is 31.7. The molecule has 0 spiro atoms. The Balaban J connectivity index is 0.933. The Morgan fingerprint density at radius 1 is 0.281 bits per heavy atom. The fourth-order valence-corrected chi connectivity index (χ4v) is 10.6. The van der Waals surface area contributed by atoms with Gasteiger partial charge in [-0.2, -0.15) is 0 Å². The van der Waals surface area contributed by atoms with Gasteiger partial charge in [0.15, 0.2) is 0 Å². The average Bonchev–Trinajstić information content (AvgIpc) is 3.88. The van der Waals surface area contributed by atoms with Gasteiger partial charge in [0.05, 0.1) is 38.8 Å². The van der Waals surface area contributed by atoms with Gasteiger partial charge in [0.1, 0.15) is 0 Å². The van der Waals surface area contributed by atoms with Crippen LogP contribution in [-0.2, 0) is 0 Å². The number of fused-ring (bicyclic) bond motifs is 15. The highest BCUT2D eigenvalue weighted by Gasteiger charge is 2.19. The van der Waals surface area contributed by atoms with Crippen molar-refractivity contribution in [3.05, 3.63) is 219 Å². The molecule has 10 aromatic carbocycles. The Kier molecular flexibility index (Phi) is 7.36. The topological polar surface area (TPSA) is 35.6 Å². The molecule has 0 N–H and O–H groups in total. The van der Waals surface area contributed by atoms with E-state index in [2.05, 4.69) is 220 Å². The zero-order valence-electron chi connectivity index (χ0n) is 34.6. The third-order valence-electron chi connectivity index (χ3n) is 13.5. The van der Waals surface area contributed by atoms with Crippen LogP contribution in [0, 0.1) is 0 Å². The van der Waals surface area contributed by atoms with Gasteiger partial charge in [0.25, 0.3) is 0 Å². The Morgan fingerprint density at radius 3 is 1.48 bits per heavy atom. The molecule has 4 aromatic heterocycles. The molecule has 14 rings (SSSR count). The predicted molar refractivity (Wildman–Crippen MR) is 269 cm³/mol. The van der Waals surface area contributed by atoms with Crippen molar-refractivity contribution in [2.45, 2.75) is 0 Å². The van der Waals surface area contributed by atoms with Crippen LogP contribution in [0.15, 0.2) is 219 Å². The largest absolute Gasteiger partial charge is 0.309 e. The van der Waals surface area contributed by atoms with E-state index < -0.39 is 0 Å². The second kappa shape index (κ2) is 13.4. The Bertz CT molecular complexity index is 4200. The van der Waals surface area contributed by atoms with Crippen LogP contribution in [0.2, 0.25) is 0 Å². The summed E-state index contributed by atoms with van der Waals surface area (Å²) in [6.07, 6.45) is 1.84. The van der Waals surface area contributed by atoms with Crippen molar-refractivity contribution in [1.29, 1.82) is 0 Å². The minimum Gasteiger partial charge on any atom is -0.309 e. The highest BCUT2D eigenvalue weighted by molar-refractivity contribution is 6.29. The molecule has 64 heavy (non-hydrogen) atoms. The number of nitrogens with zero attached hydrogens (tertiary/aromatic N) is 4. The molecule has 4 heterocycles. The number of hydrogen-bond acceptors (Lipinski definition) is 2. The zero-order valence-corrected chi connectivity index (χ0v) is 34.6. The van der Waals surface area contributed by atoms with Gasteiger partial charge in [0, 0.05) is 55.5 Å². The standard InChI is InChI=1S/C60H36N4/c1-2-15-45-44(14-1)50-33-41(37-22-24-38(25-23-37)54-31-29-40-27-26-39-11-10-32-61-59(39)60(40)62-54)28-30-46(50)52-36-58-53(35-51(45)52)49-18-5-8-21-57(49)64(58)43-13-9-12-42(34-43)63-55-19-6-3-16-47(55)48-17-4-7-20-56(48)63/h1-36H. The summed E-state index contributed by atoms with van der Waals surface area (Å²) < 4.78 is 4.86. The lowest BCUT2D eigenvalue weighted by atomic mass is 9.91. The number of aromatic nitrogens is 4. The minimum absolute atomic E-state index is 0.930. The van der Waals surface area contributed by atoms with Gasteiger partial charge in [-0.25, -0.2) is 4.98 Å². The third-order valence-corrected chi connectivity index (χ3v) is 13.5. The number of hydrogen-bond donors (Lipinski definition) is 0. The number of pyridine rings is 2. The van der Waals surface area contributed by atoms with E-state index in [9.17, 15) is 0 Å². The summed E-state index contributed by atoms with van der Waals surface area (Å²) in [7, 11) is 0. The smallest absolute Gasteiger partial charge is 0.0972 e. The molecule has 4 nitrogen and oxygen atoms in total. The zero-order chi connectivity index (χ0) is 41.9. The maximum atomic E-state index is 5.11. The molecule has 0 bridgehead atoms. The van der Waals surface area contributed by atoms with E-state index in [-0.39, 0.29) is 0 Å². The molecule has 0 aliphatic heterocycles. The summed E-state index contributed by atoms with van der Waals surface area (Å²) in [5.74, 6) is 0. The lowest BCUT2D eigenvalue weighted by Gasteiger charge is -2.15. The number of rotatable bonds is 4. The molecule has 0 radical (unpaired) electrons. The molecule has 296 valence electrons. The maximum Gasteiger partial charge on any atom is 0.0972 e. The van der Waals surface area contributed by atoms with Crippen LogP contribution in [-0.4, -0.2) is 19.1 Å². The van der Waals surface area contributed by atoms with Crippen molar-refractivity contribution in [2.24, 2.45) is 0 Å². The summed E-state index contributed by atoms with van der Waals surface area (Å²) in [5.41, 5.74) is 13.3. The molecule has 0 aliphatic carbocycles. The van der Waals surface area contributed by atoms with Crippen LogP contribution in [0.3, 0.4) is 0 Å². The van der Waals surface area contributed by atoms with Gasteiger partial charge in [-0.15, -0.1) is 0 Å². The molecule has 0 atom stereocenters. The summed E-state index contributed by atoms with van der Waals surface area (Å²) in [6.45, 7) is 0. The SMILES string of the molecule is c1cc(-n2c3ccccc3c3ccccc32)cc(-n2c3ccccc3c3cc4c5ccccc5c5cc(-c6ccc(-c7ccc8ccc9cccnc9c8n7)cc6)ccc5c4cc32)c1. The molecule has 0 saturated carbocycles. The molecule has 0 aliphatic rings. The van der Waals surface area contributed by atoms with Gasteiger partial charge in [-0.3, -0.25) is 4.98 Å². The third kappa shape index (κ3) is 5.11. The minimum atomic E-state index is 0.930. The van der Waals surface area contributed by atoms with Crippen LogP contribution in [0.5, 0.6) is 0 Å². The van der Waals surface area contributed by atoms with Crippen molar-refractivity contribution < 1.29 is 0 Å². The first-order valence-corrected chi connectivity index (χ1v) is 21.9. The highest BCUT2D eigenvalue weighted by atomic mass is 15.0. The molecule has 0 unspecified atom stereocenters. The van der Waals surface area contributed by atoms with Crippen LogP contribution < -0.4 is 0 Å². The average molecular weight is 813 g/mol. The molecule has 4 heteroatoms. The molecule has 0 amide bonds. The summed E-state index contributed by atoms with van der Waals surface area (Å²) in [6, 6.07) is 77.5. The Hall–Kier alpha value is -8.60. The van der Waals surface area contributed by atoms with Crippen molar-refractivity contribution in [2.75, 3.05) is 0 Å². The Morgan fingerprint density at radius 2 is 0.797 bits per heavy atom. The highest BCUT2D eigenvalue weighted by Crippen LogP contribution is 2.43. The van der Waals surface area contributed by atoms with Gasteiger partial charge < -0.3 is 9.13 Å². The van der Waals surface area contributed by atoms with Crippen LogP contribution in [0.25, 0.3) is 131 Å². The van der Waals surface area contributed by atoms with Crippen LogP contribution >= 0.6 is 0 Å². The van der Waals surface area contributed by atoms with E-state index in [1.165, 1.54) is 87.1 Å². The quantitative estimate of drug-likeness (QED) is 0.166. The lowest BCUT2D eigenvalue weighted by molar-refractivity contribution is 1.13. The van der Waals surface area contributed by atoms with Crippen molar-refractivity contribution in [3.8, 4) is 33.8 Å². The van der Waals surface area contributed by atoms with E-state index >= 15 is 0 Å². The van der Waals surface area contributed by atoms with E-state index in [1.54, 1.807) is 0 Å². The van der Waals surface area contributed by atoms with Gasteiger partial charge in [-0.05, 0) is 110 Å². The van der Waals surface area contributed by atoms with E-state index in [1.807, 2.05) is 12.3 Å². The summed E-state index contributed by atoms with van der Waals surface area (Å²) in [4.78, 5) is 9.78. The summed E-state index contributed by atoms with van der Waals surface area (Å²) in [5, 5.41) is 14.7. The number of benzene rings is 10. The van der Waals surface area contributed by atoms with Crippen molar-refractivity contribution in [1.82, 2.24) is 19.1 Å². The molecular weight excluding hydrogens is 777 g/mol. The molecule has 0 fully saturated rings. The Labute approximate surface area is 367 Å². The fourth-order valence-electron chi connectivity index (χ4n) is 10.6. The molecule has 0 saturated heterocycles. The second-order valence-electron chi connectivity index (χ2n) is 16.9. The molecular formula is C60H36N4. The van der Waals surface area contributed by atoms with Crippen molar-refractivity contribution in [3.63, 3.8) is 0 Å². The van der Waals surface area contributed by atoms with Crippen molar-refractivity contribution >= 4 is 97.7 Å². The van der Waals surface area contributed by atoms with Crippen LogP contribution in [0.1, 0.15) is 0 Å². The number of para-hydroxylation sites is 3. The van der Waals surface area contributed by atoms with E-state index in [0.29, 0.717) is 0 Å². The first kappa shape index (κ1) is 35.0. The first-order valence-electron chi connectivity index (χ1n) is 21.9. The van der Waals surface area contributed by atoms with Crippen LogP contribution in [0.4, 0.5) is 0 Å². The molecule has 14 aromatic rings. The predicted octanol–water partition coefficient (Wildman–Crippen LogP) is 15.8. The monoisotopic (exact) mass is 812 g/mol. The van der Waals surface area contributed by atoms with E-state index in [4.69, 9.17) is 4.98 Å². The second-order valence-corrected chi connectivity index (χ2v) is 16.9. The van der Waals surface area contributed by atoms with Gasteiger partial charge >= 0.3 is 0 Å².